The lowest BCUT2D eigenvalue weighted by atomic mass is 10.2. The van der Waals surface area contributed by atoms with Gasteiger partial charge < -0.3 is 15.5 Å². The van der Waals surface area contributed by atoms with E-state index >= 15 is 0 Å². The molecule has 21 heavy (non-hydrogen) atoms. The molecule has 5 heteroatoms. The van der Waals surface area contributed by atoms with Crippen molar-refractivity contribution in [3.63, 3.8) is 0 Å². The van der Waals surface area contributed by atoms with Crippen LogP contribution < -0.4 is 10.6 Å². The maximum Gasteiger partial charge on any atom is 0.252 e. The standard InChI is InChI=1S/C16H28N4O/c1-4-5-6-10-18-16(21)14-8-9-15(19-13-14)17-11-7-12-20(2)3/h8-9,13H,4-7,10-12H2,1-3H3,(H,17,19)(H,18,21). The number of nitrogens with zero attached hydrogens (tertiary/aromatic N) is 2. The third-order valence-corrected chi connectivity index (χ3v) is 3.18. The van der Waals surface area contributed by atoms with Crippen LogP contribution in [0.3, 0.4) is 0 Å². The van der Waals surface area contributed by atoms with Crippen LogP contribution in [0.4, 0.5) is 5.82 Å². The molecular formula is C16H28N4O. The summed E-state index contributed by atoms with van der Waals surface area (Å²) in [5.74, 6) is 0.772. The van der Waals surface area contributed by atoms with Gasteiger partial charge in [0.25, 0.3) is 5.91 Å². The average Bonchev–Trinajstić information content (AvgIpc) is 2.48. The van der Waals surface area contributed by atoms with E-state index in [0.717, 1.165) is 51.1 Å². The predicted octanol–water partition coefficient (Wildman–Crippen LogP) is 2.37. The summed E-state index contributed by atoms with van der Waals surface area (Å²) in [6, 6.07) is 3.67. The Morgan fingerprint density at radius 2 is 2.00 bits per heavy atom. The minimum atomic E-state index is -0.0437. The topological polar surface area (TPSA) is 57.3 Å². The molecule has 0 radical (unpaired) electrons. The first kappa shape index (κ1) is 17.4. The summed E-state index contributed by atoms with van der Waals surface area (Å²) in [5, 5.41) is 6.17. The molecule has 0 saturated heterocycles. The van der Waals surface area contributed by atoms with Gasteiger partial charge in [-0.3, -0.25) is 4.79 Å². The highest BCUT2D eigenvalue weighted by Crippen LogP contribution is 2.05. The van der Waals surface area contributed by atoms with E-state index in [1.54, 1.807) is 6.20 Å². The summed E-state index contributed by atoms with van der Waals surface area (Å²) in [7, 11) is 4.12. The van der Waals surface area contributed by atoms with Crippen molar-refractivity contribution in [1.82, 2.24) is 15.2 Å². The minimum absolute atomic E-state index is 0.0437. The van der Waals surface area contributed by atoms with Crippen molar-refractivity contribution in [2.75, 3.05) is 39.0 Å². The van der Waals surface area contributed by atoms with Crippen molar-refractivity contribution in [3.8, 4) is 0 Å². The lowest BCUT2D eigenvalue weighted by Crippen LogP contribution is -2.24. The Morgan fingerprint density at radius 1 is 1.19 bits per heavy atom. The fourth-order valence-electron chi connectivity index (χ4n) is 1.92. The number of anilines is 1. The Bertz CT molecular complexity index is 403. The Balaban J connectivity index is 2.30. The van der Waals surface area contributed by atoms with Crippen molar-refractivity contribution in [1.29, 1.82) is 0 Å². The van der Waals surface area contributed by atoms with Crippen molar-refractivity contribution in [2.45, 2.75) is 32.6 Å². The minimum Gasteiger partial charge on any atom is -0.370 e. The number of unbranched alkanes of at least 4 members (excludes halogenated alkanes) is 2. The SMILES string of the molecule is CCCCCNC(=O)c1ccc(NCCCN(C)C)nc1. The summed E-state index contributed by atoms with van der Waals surface area (Å²) < 4.78 is 0. The number of carbonyl (C=O) groups is 1. The molecule has 0 aliphatic carbocycles. The fraction of sp³-hybridized carbons (Fsp3) is 0.625. The first-order valence-electron chi connectivity index (χ1n) is 7.76. The number of amides is 1. The van der Waals surface area contributed by atoms with E-state index in [1.807, 2.05) is 12.1 Å². The van der Waals surface area contributed by atoms with Crippen molar-refractivity contribution >= 4 is 11.7 Å². The molecule has 1 aromatic rings. The van der Waals surface area contributed by atoms with Gasteiger partial charge in [-0.1, -0.05) is 19.8 Å². The second-order valence-electron chi connectivity index (χ2n) is 5.48. The second-order valence-corrected chi connectivity index (χ2v) is 5.48. The molecule has 0 fully saturated rings. The number of pyridine rings is 1. The Hall–Kier alpha value is -1.62. The largest absolute Gasteiger partial charge is 0.370 e. The smallest absolute Gasteiger partial charge is 0.252 e. The summed E-state index contributed by atoms with van der Waals surface area (Å²) in [4.78, 5) is 18.3. The van der Waals surface area contributed by atoms with Gasteiger partial charge in [-0.15, -0.1) is 0 Å². The van der Waals surface area contributed by atoms with Gasteiger partial charge in [0.05, 0.1) is 5.56 Å². The lowest BCUT2D eigenvalue weighted by molar-refractivity contribution is 0.0952. The van der Waals surface area contributed by atoms with Crippen LogP contribution in [0, 0.1) is 0 Å². The van der Waals surface area contributed by atoms with Crippen LogP contribution in [-0.4, -0.2) is 49.5 Å². The predicted molar refractivity (Wildman–Crippen MR) is 87.8 cm³/mol. The molecule has 5 nitrogen and oxygen atoms in total. The van der Waals surface area contributed by atoms with Gasteiger partial charge in [0.1, 0.15) is 5.82 Å². The Labute approximate surface area is 128 Å². The zero-order valence-electron chi connectivity index (χ0n) is 13.5. The number of carbonyl (C=O) groups excluding carboxylic acids is 1. The van der Waals surface area contributed by atoms with Crippen LogP contribution in [0.2, 0.25) is 0 Å². The van der Waals surface area contributed by atoms with Crippen LogP contribution in [-0.2, 0) is 0 Å². The van der Waals surface area contributed by atoms with Crippen LogP contribution in [0.1, 0.15) is 43.0 Å². The van der Waals surface area contributed by atoms with Crippen LogP contribution in [0.25, 0.3) is 0 Å². The monoisotopic (exact) mass is 292 g/mol. The van der Waals surface area contributed by atoms with E-state index in [0.29, 0.717) is 5.56 Å². The first-order valence-corrected chi connectivity index (χ1v) is 7.76. The molecule has 118 valence electrons. The highest BCUT2D eigenvalue weighted by molar-refractivity contribution is 5.93. The average molecular weight is 292 g/mol. The number of hydrogen-bond acceptors (Lipinski definition) is 4. The van der Waals surface area contributed by atoms with Gasteiger partial charge in [-0.05, 0) is 45.6 Å². The molecule has 0 aliphatic rings. The Morgan fingerprint density at radius 3 is 2.62 bits per heavy atom. The van der Waals surface area contributed by atoms with Gasteiger partial charge in [0, 0.05) is 19.3 Å². The summed E-state index contributed by atoms with van der Waals surface area (Å²) in [5.41, 5.74) is 0.616. The van der Waals surface area contributed by atoms with E-state index in [4.69, 9.17) is 0 Å². The number of hydrogen-bond donors (Lipinski definition) is 2. The first-order chi connectivity index (χ1) is 10.1. The number of nitrogens with one attached hydrogen (secondary N) is 2. The third kappa shape index (κ3) is 7.66. The zero-order valence-corrected chi connectivity index (χ0v) is 13.5. The summed E-state index contributed by atoms with van der Waals surface area (Å²) in [6.45, 7) is 4.81. The molecule has 0 atom stereocenters. The highest BCUT2D eigenvalue weighted by Gasteiger charge is 2.05. The molecular weight excluding hydrogens is 264 g/mol. The van der Waals surface area contributed by atoms with Gasteiger partial charge in [0.15, 0.2) is 0 Å². The molecule has 0 aliphatic heterocycles. The van der Waals surface area contributed by atoms with Crippen LogP contribution in [0.15, 0.2) is 18.3 Å². The summed E-state index contributed by atoms with van der Waals surface area (Å²) >= 11 is 0. The van der Waals surface area contributed by atoms with Crippen LogP contribution >= 0.6 is 0 Å². The third-order valence-electron chi connectivity index (χ3n) is 3.18. The molecule has 0 unspecified atom stereocenters. The van der Waals surface area contributed by atoms with E-state index in [2.05, 4.69) is 41.5 Å². The maximum absolute atomic E-state index is 11.9. The molecule has 0 bridgehead atoms. The molecule has 1 rings (SSSR count). The van der Waals surface area contributed by atoms with E-state index in [-0.39, 0.29) is 5.91 Å². The van der Waals surface area contributed by atoms with Crippen molar-refractivity contribution in [2.24, 2.45) is 0 Å². The zero-order chi connectivity index (χ0) is 15.5. The van der Waals surface area contributed by atoms with Gasteiger partial charge in [0.2, 0.25) is 0 Å². The van der Waals surface area contributed by atoms with E-state index in [9.17, 15) is 4.79 Å². The fourth-order valence-corrected chi connectivity index (χ4v) is 1.92. The maximum atomic E-state index is 11.9. The molecule has 0 aromatic carbocycles. The van der Waals surface area contributed by atoms with E-state index in [1.165, 1.54) is 0 Å². The van der Waals surface area contributed by atoms with E-state index < -0.39 is 0 Å². The molecule has 2 N–H and O–H groups in total. The van der Waals surface area contributed by atoms with Gasteiger partial charge in [-0.2, -0.15) is 0 Å². The second kappa shape index (κ2) is 10.2. The van der Waals surface area contributed by atoms with Crippen molar-refractivity contribution in [3.05, 3.63) is 23.9 Å². The molecule has 1 aromatic heterocycles. The molecule has 0 saturated carbocycles. The normalized spacial score (nSPS) is 10.7. The summed E-state index contributed by atoms with van der Waals surface area (Å²) in [6.07, 6.45) is 6.03. The Kier molecular flexibility index (Phi) is 8.43. The molecule has 0 spiro atoms. The highest BCUT2D eigenvalue weighted by atomic mass is 16.1. The van der Waals surface area contributed by atoms with Crippen LogP contribution in [0.5, 0.6) is 0 Å². The number of rotatable bonds is 10. The number of aromatic nitrogens is 1. The van der Waals surface area contributed by atoms with Gasteiger partial charge in [-0.25, -0.2) is 4.98 Å². The van der Waals surface area contributed by atoms with Crippen molar-refractivity contribution < 1.29 is 4.79 Å². The molecule has 1 heterocycles. The lowest BCUT2D eigenvalue weighted by Gasteiger charge is -2.10. The van der Waals surface area contributed by atoms with Gasteiger partial charge >= 0.3 is 0 Å². The molecule has 1 amide bonds. The quantitative estimate of drug-likeness (QED) is 0.650.